The number of benzene rings is 1. The van der Waals surface area contributed by atoms with E-state index in [4.69, 9.17) is 4.42 Å². The second kappa shape index (κ2) is 8.09. The third-order valence-corrected chi connectivity index (χ3v) is 5.17. The van der Waals surface area contributed by atoms with Crippen LogP contribution in [-0.2, 0) is 5.41 Å². The van der Waals surface area contributed by atoms with Gasteiger partial charge in [0.15, 0.2) is 0 Å². The first kappa shape index (κ1) is 18.7. The predicted molar refractivity (Wildman–Crippen MR) is 104 cm³/mol. The SMILES string of the molecule is CC(C)(C)c1ccc(C(=O)NC[C@H](c2ccco2)N2CCCCC2)cc1. The number of carbonyl (C=O) groups is 1. The molecule has 1 atom stereocenters. The Bertz CT molecular complexity index is 693. The third-order valence-electron chi connectivity index (χ3n) is 5.17. The number of furan rings is 1. The summed E-state index contributed by atoms with van der Waals surface area (Å²) < 4.78 is 5.65. The van der Waals surface area contributed by atoms with Crippen LogP contribution in [0.1, 0.15) is 67.8 Å². The number of hydrogen-bond acceptors (Lipinski definition) is 3. The van der Waals surface area contributed by atoms with Crippen LogP contribution in [0.4, 0.5) is 0 Å². The Kier molecular flexibility index (Phi) is 5.82. The lowest BCUT2D eigenvalue weighted by Crippen LogP contribution is -2.40. The van der Waals surface area contributed by atoms with Crippen LogP contribution < -0.4 is 5.32 Å². The summed E-state index contributed by atoms with van der Waals surface area (Å²) in [5.41, 5.74) is 2.03. The number of rotatable bonds is 5. The minimum absolute atomic E-state index is 0.0287. The molecule has 2 aromatic rings. The number of hydrogen-bond donors (Lipinski definition) is 1. The summed E-state index contributed by atoms with van der Waals surface area (Å²) in [4.78, 5) is 15.0. The Labute approximate surface area is 156 Å². The number of nitrogens with zero attached hydrogens (tertiary/aromatic N) is 1. The van der Waals surface area contributed by atoms with Crippen LogP contribution in [0.2, 0.25) is 0 Å². The quantitative estimate of drug-likeness (QED) is 0.858. The average molecular weight is 354 g/mol. The zero-order valence-corrected chi connectivity index (χ0v) is 16.1. The highest BCUT2D eigenvalue weighted by Gasteiger charge is 2.25. The van der Waals surface area contributed by atoms with Crippen LogP contribution in [0.15, 0.2) is 47.1 Å². The average Bonchev–Trinajstić information content (AvgIpc) is 3.16. The second-order valence-electron chi connectivity index (χ2n) is 8.17. The molecule has 3 rings (SSSR count). The van der Waals surface area contributed by atoms with Crippen LogP contribution >= 0.6 is 0 Å². The maximum Gasteiger partial charge on any atom is 0.251 e. The molecule has 1 aliphatic rings. The lowest BCUT2D eigenvalue weighted by molar-refractivity contribution is 0.0914. The van der Waals surface area contributed by atoms with E-state index < -0.39 is 0 Å². The van der Waals surface area contributed by atoms with Crippen molar-refractivity contribution < 1.29 is 9.21 Å². The first-order valence-corrected chi connectivity index (χ1v) is 9.61. The minimum Gasteiger partial charge on any atom is -0.468 e. The van der Waals surface area contributed by atoms with Gasteiger partial charge in [-0.2, -0.15) is 0 Å². The molecule has 1 aliphatic heterocycles. The molecule has 1 saturated heterocycles. The zero-order chi connectivity index (χ0) is 18.6. The largest absolute Gasteiger partial charge is 0.468 e. The first-order chi connectivity index (χ1) is 12.4. The number of amides is 1. The van der Waals surface area contributed by atoms with E-state index in [0.717, 1.165) is 18.8 Å². The smallest absolute Gasteiger partial charge is 0.251 e. The molecular weight excluding hydrogens is 324 g/mol. The zero-order valence-electron chi connectivity index (χ0n) is 16.1. The van der Waals surface area contributed by atoms with Crippen molar-refractivity contribution in [1.82, 2.24) is 10.2 Å². The van der Waals surface area contributed by atoms with Crippen molar-refractivity contribution in [1.29, 1.82) is 0 Å². The third kappa shape index (κ3) is 4.55. The Morgan fingerprint density at radius 2 is 1.81 bits per heavy atom. The molecule has 0 unspecified atom stereocenters. The van der Waals surface area contributed by atoms with Crippen molar-refractivity contribution in [2.24, 2.45) is 0 Å². The maximum atomic E-state index is 12.6. The van der Waals surface area contributed by atoms with Crippen molar-refractivity contribution in [3.05, 3.63) is 59.5 Å². The van der Waals surface area contributed by atoms with Crippen molar-refractivity contribution in [3.8, 4) is 0 Å². The highest BCUT2D eigenvalue weighted by molar-refractivity contribution is 5.94. The summed E-state index contributed by atoms with van der Waals surface area (Å²) >= 11 is 0. The summed E-state index contributed by atoms with van der Waals surface area (Å²) in [6.07, 6.45) is 5.41. The second-order valence-corrected chi connectivity index (χ2v) is 8.17. The van der Waals surface area contributed by atoms with Gasteiger partial charge in [-0.15, -0.1) is 0 Å². The lowest BCUT2D eigenvalue weighted by atomic mass is 9.87. The monoisotopic (exact) mass is 354 g/mol. The molecule has 0 aliphatic carbocycles. The van der Waals surface area contributed by atoms with Crippen molar-refractivity contribution in [2.75, 3.05) is 19.6 Å². The van der Waals surface area contributed by atoms with E-state index in [1.165, 1.54) is 24.8 Å². The molecule has 0 bridgehead atoms. The van der Waals surface area contributed by atoms with E-state index in [1.807, 2.05) is 36.4 Å². The van der Waals surface area contributed by atoms with E-state index in [-0.39, 0.29) is 17.4 Å². The standard InChI is InChI=1S/C22H30N2O2/c1-22(2,3)18-11-9-17(10-12-18)21(25)23-16-19(20-8-7-15-26-20)24-13-5-4-6-14-24/h7-12,15,19H,4-6,13-14,16H2,1-3H3,(H,23,25)/t19-/m1/s1. The highest BCUT2D eigenvalue weighted by atomic mass is 16.3. The van der Waals surface area contributed by atoms with Crippen LogP contribution in [0.5, 0.6) is 0 Å². The van der Waals surface area contributed by atoms with E-state index in [2.05, 4.69) is 31.0 Å². The lowest BCUT2D eigenvalue weighted by Gasteiger charge is -2.33. The van der Waals surface area contributed by atoms with Crippen molar-refractivity contribution in [2.45, 2.75) is 51.5 Å². The molecule has 0 radical (unpaired) electrons. The van der Waals surface area contributed by atoms with Gasteiger partial charge in [-0.3, -0.25) is 9.69 Å². The van der Waals surface area contributed by atoms with Crippen LogP contribution in [0.25, 0.3) is 0 Å². The Balaban J connectivity index is 1.65. The van der Waals surface area contributed by atoms with Crippen LogP contribution in [-0.4, -0.2) is 30.4 Å². The molecule has 4 nitrogen and oxygen atoms in total. The molecule has 1 N–H and O–H groups in total. The molecular formula is C22H30N2O2. The molecule has 4 heteroatoms. The summed E-state index contributed by atoms with van der Waals surface area (Å²) in [5, 5.41) is 3.10. The van der Waals surface area contributed by atoms with Gasteiger partial charge in [0.1, 0.15) is 5.76 Å². The van der Waals surface area contributed by atoms with Gasteiger partial charge < -0.3 is 9.73 Å². The normalized spacial score (nSPS) is 17.0. The van der Waals surface area contributed by atoms with E-state index in [9.17, 15) is 4.79 Å². The van der Waals surface area contributed by atoms with Gasteiger partial charge in [-0.25, -0.2) is 0 Å². The summed E-state index contributed by atoms with van der Waals surface area (Å²) in [6.45, 7) is 9.20. The minimum atomic E-state index is -0.0287. The van der Waals surface area contributed by atoms with Gasteiger partial charge in [0.2, 0.25) is 0 Å². The van der Waals surface area contributed by atoms with E-state index >= 15 is 0 Å². The van der Waals surface area contributed by atoms with Crippen LogP contribution in [0, 0.1) is 0 Å². The number of piperidine rings is 1. The van der Waals surface area contributed by atoms with E-state index in [0.29, 0.717) is 12.1 Å². The van der Waals surface area contributed by atoms with Crippen molar-refractivity contribution in [3.63, 3.8) is 0 Å². The maximum absolute atomic E-state index is 12.6. The summed E-state index contributed by atoms with van der Waals surface area (Å²) in [5.74, 6) is 0.898. The topological polar surface area (TPSA) is 45.5 Å². The van der Waals surface area contributed by atoms with Gasteiger partial charge in [-0.1, -0.05) is 39.3 Å². The summed E-state index contributed by atoms with van der Waals surface area (Å²) in [7, 11) is 0. The first-order valence-electron chi connectivity index (χ1n) is 9.61. The van der Waals surface area contributed by atoms with Gasteiger partial charge in [0.25, 0.3) is 5.91 Å². The molecule has 1 amide bonds. The van der Waals surface area contributed by atoms with Gasteiger partial charge in [-0.05, 0) is 61.2 Å². The van der Waals surface area contributed by atoms with Crippen molar-refractivity contribution >= 4 is 5.91 Å². The molecule has 1 fully saturated rings. The fraction of sp³-hybridized carbons (Fsp3) is 0.500. The number of nitrogens with one attached hydrogen (secondary N) is 1. The molecule has 2 heterocycles. The highest BCUT2D eigenvalue weighted by Crippen LogP contribution is 2.25. The molecule has 0 spiro atoms. The fourth-order valence-corrected chi connectivity index (χ4v) is 3.53. The Morgan fingerprint density at radius 1 is 1.12 bits per heavy atom. The summed E-state index contributed by atoms with van der Waals surface area (Å²) in [6, 6.07) is 11.9. The Hall–Kier alpha value is -2.07. The molecule has 1 aromatic carbocycles. The fourth-order valence-electron chi connectivity index (χ4n) is 3.53. The molecule has 1 aromatic heterocycles. The van der Waals surface area contributed by atoms with Gasteiger partial charge in [0, 0.05) is 12.1 Å². The van der Waals surface area contributed by atoms with E-state index in [1.54, 1.807) is 6.26 Å². The number of carbonyl (C=O) groups excluding carboxylic acids is 1. The molecule has 140 valence electrons. The Morgan fingerprint density at radius 3 is 2.38 bits per heavy atom. The van der Waals surface area contributed by atoms with Gasteiger partial charge >= 0.3 is 0 Å². The predicted octanol–water partition coefficient (Wildman–Crippen LogP) is 4.53. The molecule has 0 saturated carbocycles. The van der Waals surface area contributed by atoms with Crippen LogP contribution in [0.3, 0.4) is 0 Å². The number of likely N-dealkylation sites (tertiary alicyclic amines) is 1. The van der Waals surface area contributed by atoms with Gasteiger partial charge in [0.05, 0.1) is 12.3 Å². The molecule has 26 heavy (non-hydrogen) atoms.